The van der Waals surface area contributed by atoms with E-state index in [0.29, 0.717) is 37.6 Å². The second-order valence-electron chi connectivity index (χ2n) is 5.45. The summed E-state index contributed by atoms with van der Waals surface area (Å²) in [6.45, 7) is 3.18. The maximum absolute atomic E-state index is 12.3. The molecule has 9 heteroatoms. The zero-order valence-electron chi connectivity index (χ0n) is 12.6. The maximum atomic E-state index is 12.3. The molecular formula is C13H19F3N4O2. The van der Waals surface area contributed by atoms with Gasteiger partial charge in [-0.1, -0.05) is 5.16 Å². The number of hydrogen-bond donors (Lipinski definition) is 0. The number of rotatable bonds is 3. The van der Waals surface area contributed by atoms with Crippen LogP contribution in [-0.4, -0.2) is 71.8 Å². The number of carbonyl (C=O) groups is 1. The molecule has 0 N–H and O–H groups in total. The van der Waals surface area contributed by atoms with Crippen molar-refractivity contribution < 1.29 is 22.5 Å². The van der Waals surface area contributed by atoms with Gasteiger partial charge in [-0.05, 0) is 6.92 Å². The predicted molar refractivity (Wildman–Crippen MR) is 72.2 cm³/mol. The standard InChI is InChI=1S/C13H19F3N4O2/c1-10-7-11(17-22-10)8-19-3-5-20(6-4-19)12(21)18(2)9-13(14,15)16/h7H,3-6,8-9H2,1-2H3. The molecular weight excluding hydrogens is 301 g/mol. The highest BCUT2D eigenvalue weighted by Crippen LogP contribution is 2.17. The molecule has 22 heavy (non-hydrogen) atoms. The molecule has 0 bridgehead atoms. The monoisotopic (exact) mass is 320 g/mol. The van der Waals surface area contributed by atoms with Gasteiger partial charge in [-0.25, -0.2) is 4.79 Å². The first-order valence-corrected chi connectivity index (χ1v) is 6.96. The smallest absolute Gasteiger partial charge is 0.361 e. The fourth-order valence-electron chi connectivity index (χ4n) is 2.40. The fraction of sp³-hybridized carbons (Fsp3) is 0.692. The molecule has 2 amide bonds. The average molecular weight is 320 g/mol. The van der Waals surface area contributed by atoms with E-state index in [1.807, 2.05) is 13.0 Å². The molecule has 6 nitrogen and oxygen atoms in total. The Hall–Kier alpha value is -1.77. The van der Waals surface area contributed by atoms with Crippen LogP contribution in [-0.2, 0) is 6.54 Å². The van der Waals surface area contributed by atoms with E-state index < -0.39 is 18.8 Å². The van der Waals surface area contributed by atoms with Crippen LogP contribution in [0, 0.1) is 6.92 Å². The van der Waals surface area contributed by atoms with Crippen molar-refractivity contribution in [3.63, 3.8) is 0 Å². The number of alkyl halides is 3. The van der Waals surface area contributed by atoms with Crippen LogP contribution in [0.5, 0.6) is 0 Å². The number of nitrogens with zero attached hydrogens (tertiary/aromatic N) is 4. The predicted octanol–water partition coefficient (Wildman–Crippen LogP) is 1.71. The summed E-state index contributed by atoms with van der Waals surface area (Å²) in [7, 11) is 1.17. The van der Waals surface area contributed by atoms with Crippen LogP contribution in [0.2, 0.25) is 0 Å². The summed E-state index contributed by atoms with van der Waals surface area (Å²) in [6, 6.07) is 1.25. The number of urea groups is 1. The minimum Gasteiger partial charge on any atom is -0.361 e. The third kappa shape index (κ3) is 4.62. The minimum absolute atomic E-state index is 0.401. The molecule has 0 unspecified atom stereocenters. The first kappa shape index (κ1) is 16.6. The zero-order chi connectivity index (χ0) is 16.3. The van der Waals surface area contributed by atoms with Gasteiger partial charge < -0.3 is 14.3 Å². The van der Waals surface area contributed by atoms with E-state index in [4.69, 9.17) is 4.52 Å². The van der Waals surface area contributed by atoms with Crippen molar-refractivity contribution in [1.29, 1.82) is 0 Å². The van der Waals surface area contributed by atoms with Crippen molar-refractivity contribution in [3.8, 4) is 0 Å². The summed E-state index contributed by atoms with van der Waals surface area (Å²) in [5.41, 5.74) is 0.812. The molecule has 0 saturated carbocycles. The van der Waals surface area contributed by atoms with E-state index in [9.17, 15) is 18.0 Å². The Bertz CT molecular complexity index is 510. The highest BCUT2D eigenvalue weighted by atomic mass is 19.4. The zero-order valence-corrected chi connectivity index (χ0v) is 12.6. The highest BCUT2D eigenvalue weighted by molar-refractivity contribution is 5.74. The van der Waals surface area contributed by atoms with Crippen LogP contribution in [0.25, 0.3) is 0 Å². The quantitative estimate of drug-likeness (QED) is 0.851. The molecule has 1 aromatic rings. The van der Waals surface area contributed by atoms with Crippen LogP contribution >= 0.6 is 0 Å². The van der Waals surface area contributed by atoms with Crippen LogP contribution in [0.15, 0.2) is 10.6 Å². The Kier molecular flexibility index (Phi) is 4.94. The topological polar surface area (TPSA) is 52.8 Å². The van der Waals surface area contributed by atoms with E-state index in [2.05, 4.69) is 10.1 Å². The normalized spacial score (nSPS) is 16.9. The SMILES string of the molecule is Cc1cc(CN2CCN(C(=O)N(C)CC(F)(F)F)CC2)no1. The summed E-state index contributed by atoms with van der Waals surface area (Å²) in [5, 5.41) is 3.90. The van der Waals surface area contributed by atoms with Crippen molar-refractivity contribution in [3.05, 3.63) is 17.5 Å². The summed E-state index contributed by atoms with van der Waals surface area (Å²) in [6.07, 6.45) is -4.38. The summed E-state index contributed by atoms with van der Waals surface area (Å²) < 4.78 is 41.9. The molecule has 1 aliphatic rings. The van der Waals surface area contributed by atoms with Gasteiger partial charge in [-0.15, -0.1) is 0 Å². The van der Waals surface area contributed by atoms with Gasteiger partial charge in [-0.2, -0.15) is 13.2 Å². The highest BCUT2D eigenvalue weighted by Gasteiger charge is 2.33. The first-order valence-electron chi connectivity index (χ1n) is 6.96. The molecule has 1 saturated heterocycles. The van der Waals surface area contributed by atoms with Crippen molar-refractivity contribution >= 4 is 6.03 Å². The average Bonchev–Trinajstić information content (AvgIpc) is 2.82. The lowest BCUT2D eigenvalue weighted by molar-refractivity contribution is -0.138. The molecule has 0 aromatic carbocycles. The second-order valence-corrected chi connectivity index (χ2v) is 5.45. The van der Waals surface area contributed by atoms with Gasteiger partial charge in [0.25, 0.3) is 0 Å². The van der Waals surface area contributed by atoms with E-state index in [1.165, 1.54) is 11.9 Å². The van der Waals surface area contributed by atoms with E-state index in [0.717, 1.165) is 11.5 Å². The third-order valence-corrected chi connectivity index (χ3v) is 3.45. The van der Waals surface area contributed by atoms with E-state index in [-0.39, 0.29) is 0 Å². The Labute approximate surface area is 126 Å². The molecule has 124 valence electrons. The molecule has 0 atom stereocenters. The third-order valence-electron chi connectivity index (χ3n) is 3.45. The van der Waals surface area contributed by atoms with Crippen molar-refractivity contribution in [1.82, 2.24) is 19.9 Å². The van der Waals surface area contributed by atoms with E-state index >= 15 is 0 Å². The molecule has 0 spiro atoms. The van der Waals surface area contributed by atoms with Crippen LogP contribution in [0.1, 0.15) is 11.5 Å². The molecule has 1 fully saturated rings. The second kappa shape index (κ2) is 6.55. The number of halogens is 3. The largest absolute Gasteiger partial charge is 0.406 e. The number of amides is 2. The number of aryl methyl sites for hydroxylation is 1. The van der Waals surface area contributed by atoms with Gasteiger partial charge in [0.2, 0.25) is 0 Å². The summed E-state index contributed by atoms with van der Waals surface area (Å²) >= 11 is 0. The molecule has 1 aromatic heterocycles. The van der Waals surface area contributed by atoms with Crippen LogP contribution < -0.4 is 0 Å². The van der Waals surface area contributed by atoms with Gasteiger partial charge in [0.05, 0.1) is 5.69 Å². The van der Waals surface area contributed by atoms with Crippen molar-refractivity contribution in [2.75, 3.05) is 39.8 Å². The lowest BCUT2D eigenvalue weighted by Gasteiger charge is -2.36. The number of hydrogen-bond acceptors (Lipinski definition) is 4. The summed E-state index contributed by atoms with van der Waals surface area (Å²) in [4.78, 5) is 16.2. The minimum atomic E-state index is -4.38. The molecule has 1 aliphatic heterocycles. The molecule has 0 aliphatic carbocycles. The molecule has 2 heterocycles. The Morgan fingerprint density at radius 1 is 1.36 bits per heavy atom. The molecule has 2 rings (SSSR count). The van der Waals surface area contributed by atoms with Crippen molar-refractivity contribution in [2.45, 2.75) is 19.6 Å². The number of piperazine rings is 1. The van der Waals surface area contributed by atoms with Gasteiger partial charge in [0, 0.05) is 45.8 Å². The Morgan fingerprint density at radius 2 is 2.00 bits per heavy atom. The van der Waals surface area contributed by atoms with Gasteiger partial charge >= 0.3 is 12.2 Å². The van der Waals surface area contributed by atoms with Gasteiger partial charge in [0.15, 0.2) is 0 Å². The maximum Gasteiger partial charge on any atom is 0.406 e. The van der Waals surface area contributed by atoms with Crippen LogP contribution in [0.3, 0.4) is 0 Å². The molecule has 0 radical (unpaired) electrons. The lowest BCUT2D eigenvalue weighted by Crippen LogP contribution is -2.53. The lowest BCUT2D eigenvalue weighted by atomic mass is 10.3. The van der Waals surface area contributed by atoms with Gasteiger partial charge in [0.1, 0.15) is 12.3 Å². The number of carbonyl (C=O) groups excluding carboxylic acids is 1. The first-order chi connectivity index (χ1) is 10.2. The van der Waals surface area contributed by atoms with Gasteiger partial charge in [-0.3, -0.25) is 4.90 Å². The van der Waals surface area contributed by atoms with E-state index in [1.54, 1.807) is 0 Å². The Balaban J connectivity index is 1.80. The summed E-state index contributed by atoms with van der Waals surface area (Å²) in [5.74, 6) is 0.734. The number of aromatic nitrogens is 1. The fourth-order valence-corrected chi connectivity index (χ4v) is 2.40. The van der Waals surface area contributed by atoms with Crippen LogP contribution in [0.4, 0.5) is 18.0 Å². The van der Waals surface area contributed by atoms with Crippen molar-refractivity contribution in [2.24, 2.45) is 0 Å². The Morgan fingerprint density at radius 3 is 2.50 bits per heavy atom.